The maximum absolute atomic E-state index is 14.0. The van der Waals surface area contributed by atoms with Crippen molar-refractivity contribution in [1.82, 2.24) is 31.9 Å². The fraction of sp³-hybridized carbons (Fsp3) is 0.833. The normalized spacial score (nSPS) is 15.1. The van der Waals surface area contributed by atoms with Gasteiger partial charge in [0.2, 0.25) is 35.4 Å². The third-order valence-corrected chi connectivity index (χ3v) is 9.81. The van der Waals surface area contributed by atoms with Gasteiger partial charge in [-0.1, -0.05) is 61.8 Å². The summed E-state index contributed by atoms with van der Waals surface area (Å²) in [4.78, 5) is 94.0. The fourth-order valence-corrected chi connectivity index (χ4v) is 6.60. The van der Waals surface area contributed by atoms with Crippen molar-refractivity contribution >= 4 is 41.4 Å². The molecule has 0 aliphatic carbocycles. The molecule has 7 atom stereocenters. The summed E-state index contributed by atoms with van der Waals surface area (Å²) >= 11 is 0. The second-order valence-electron chi connectivity index (χ2n) is 17.7. The second-order valence-corrected chi connectivity index (χ2v) is 17.7. The summed E-state index contributed by atoms with van der Waals surface area (Å²) in [5.74, 6) is -4.95. The van der Waals surface area contributed by atoms with Crippen LogP contribution in [0.25, 0.3) is 0 Å². The molecule has 0 saturated heterocycles. The number of carboxylic acid groups (broad SMARTS) is 1. The Labute approximate surface area is 358 Å². The molecule has 0 radical (unpaired) electrons. The minimum Gasteiger partial charge on any atom is -0.480 e. The van der Waals surface area contributed by atoms with E-state index in [-0.39, 0.29) is 55.8 Å². The van der Waals surface area contributed by atoms with E-state index in [0.29, 0.717) is 71.0 Å². The molecule has 60 heavy (non-hydrogen) atoms. The Hall–Kier alpha value is -3.87. The number of nitrogens with one attached hydrogen (secondary N) is 6. The number of unbranched alkanes of at least 4 members (excludes halogenated alkanes) is 3. The van der Waals surface area contributed by atoms with Gasteiger partial charge in [-0.2, -0.15) is 0 Å². The van der Waals surface area contributed by atoms with Crippen LogP contribution in [0.5, 0.6) is 0 Å². The Morgan fingerprint density at radius 1 is 0.383 bits per heavy atom. The zero-order chi connectivity index (χ0) is 45.9. The van der Waals surface area contributed by atoms with Gasteiger partial charge in [0.05, 0.1) is 6.04 Å². The lowest BCUT2D eigenvalue weighted by molar-refractivity contribution is -0.142. The van der Waals surface area contributed by atoms with E-state index in [9.17, 15) is 38.7 Å². The van der Waals surface area contributed by atoms with Gasteiger partial charge in [-0.05, 0) is 120 Å². The van der Waals surface area contributed by atoms with Crippen LogP contribution in [0, 0.1) is 23.7 Å². The summed E-state index contributed by atoms with van der Waals surface area (Å²) in [6, 6.07) is -7.34. The molecule has 0 aromatic heterocycles. The van der Waals surface area contributed by atoms with Crippen molar-refractivity contribution in [2.45, 2.75) is 181 Å². The van der Waals surface area contributed by atoms with Gasteiger partial charge in [0.15, 0.2) is 0 Å². The number of carbonyl (C=O) groups is 7. The number of hydrogen-bond acceptors (Lipinski definition) is 11. The molecule has 15 N–H and O–H groups in total. The Kier molecular flexibility index (Phi) is 29.0. The summed E-state index contributed by atoms with van der Waals surface area (Å²) in [5.41, 5.74) is 23.0. The molecule has 0 aromatic carbocycles. The molecule has 0 spiro atoms. The highest BCUT2D eigenvalue weighted by Crippen LogP contribution is 2.14. The summed E-state index contributed by atoms with van der Waals surface area (Å²) < 4.78 is 0. The van der Waals surface area contributed by atoms with Crippen LogP contribution in [-0.4, -0.2) is 108 Å². The molecule has 0 fully saturated rings. The van der Waals surface area contributed by atoms with E-state index in [4.69, 9.17) is 22.9 Å². The lowest BCUT2D eigenvalue weighted by atomic mass is 9.98. The zero-order valence-electron chi connectivity index (χ0n) is 37.8. The van der Waals surface area contributed by atoms with Gasteiger partial charge >= 0.3 is 5.97 Å². The molecule has 0 saturated carbocycles. The molecular weight excluding hydrogens is 773 g/mol. The van der Waals surface area contributed by atoms with Crippen molar-refractivity contribution in [2.75, 3.05) is 19.6 Å². The molecular formula is C42H82N10O8. The van der Waals surface area contributed by atoms with Crippen LogP contribution in [0.3, 0.4) is 0 Å². The number of hydrogen-bond donors (Lipinski definition) is 11. The largest absolute Gasteiger partial charge is 0.480 e. The van der Waals surface area contributed by atoms with E-state index in [0.717, 1.165) is 0 Å². The average molecular weight is 855 g/mol. The molecule has 0 bridgehead atoms. The number of amides is 6. The first kappa shape index (κ1) is 56.1. The minimum absolute atomic E-state index is 0.0154. The average Bonchev–Trinajstić information content (AvgIpc) is 3.15. The monoisotopic (exact) mass is 855 g/mol. The number of carboxylic acids is 1. The Balaban J connectivity index is 6.36. The van der Waals surface area contributed by atoms with Gasteiger partial charge in [-0.15, -0.1) is 0 Å². The maximum Gasteiger partial charge on any atom is 0.326 e. The Bertz CT molecular complexity index is 1320. The number of aliphatic carboxylic acids is 1. The quantitative estimate of drug-likeness (QED) is 0.0410. The maximum atomic E-state index is 14.0. The molecule has 0 aromatic rings. The second kappa shape index (κ2) is 31.0. The topological polar surface area (TPSA) is 316 Å². The first-order valence-corrected chi connectivity index (χ1v) is 22.1. The van der Waals surface area contributed by atoms with E-state index in [1.807, 2.05) is 55.4 Å². The number of rotatable bonds is 33. The summed E-state index contributed by atoms with van der Waals surface area (Å²) in [5, 5.41) is 26.2. The van der Waals surface area contributed by atoms with E-state index in [2.05, 4.69) is 31.9 Å². The summed E-state index contributed by atoms with van der Waals surface area (Å²) in [6.45, 7) is 16.3. The van der Waals surface area contributed by atoms with E-state index < -0.39 is 83.7 Å². The van der Waals surface area contributed by atoms with Gasteiger partial charge in [0.1, 0.15) is 36.3 Å². The van der Waals surface area contributed by atoms with Crippen LogP contribution < -0.4 is 54.8 Å². The van der Waals surface area contributed by atoms with Crippen molar-refractivity contribution < 1.29 is 38.7 Å². The van der Waals surface area contributed by atoms with Gasteiger partial charge in [-0.25, -0.2) is 4.79 Å². The highest BCUT2D eigenvalue weighted by atomic mass is 16.4. The summed E-state index contributed by atoms with van der Waals surface area (Å²) in [6.07, 6.45) is 5.16. The smallest absolute Gasteiger partial charge is 0.326 e. The number of nitrogens with two attached hydrogens (primary N) is 4. The van der Waals surface area contributed by atoms with Gasteiger partial charge in [-0.3, -0.25) is 28.8 Å². The molecule has 0 aliphatic rings. The Morgan fingerprint density at radius 3 is 0.933 bits per heavy atom. The number of carbonyl (C=O) groups excluding carboxylic acids is 6. The van der Waals surface area contributed by atoms with Crippen LogP contribution in [0.4, 0.5) is 0 Å². The molecule has 0 heterocycles. The van der Waals surface area contributed by atoms with Crippen molar-refractivity contribution in [2.24, 2.45) is 46.6 Å². The van der Waals surface area contributed by atoms with Crippen LogP contribution in [0.2, 0.25) is 0 Å². The Morgan fingerprint density at radius 2 is 0.633 bits per heavy atom. The van der Waals surface area contributed by atoms with Crippen molar-refractivity contribution in [1.29, 1.82) is 0 Å². The van der Waals surface area contributed by atoms with Gasteiger partial charge < -0.3 is 59.9 Å². The lowest BCUT2D eigenvalue weighted by Crippen LogP contribution is -2.60. The van der Waals surface area contributed by atoms with E-state index in [1.54, 1.807) is 0 Å². The van der Waals surface area contributed by atoms with Gasteiger partial charge in [0.25, 0.3) is 0 Å². The minimum atomic E-state index is -1.20. The first-order valence-electron chi connectivity index (χ1n) is 22.1. The molecule has 18 nitrogen and oxygen atoms in total. The zero-order valence-corrected chi connectivity index (χ0v) is 37.8. The van der Waals surface area contributed by atoms with E-state index >= 15 is 0 Å². The SMILES string of the molecule is CC(C)C[C@H](NC(=O)[C@H](CC(C)C)NC(=O)[C@H](CCCCN)NC(=O)[C@H](CC(C)C)NC(=O)[C@H](CC(C)C)NC(=O)[C@@H](N)CCCCN)C(=O)N[C@@H](CCCCN)C(=O)O. The highest BCUT2D eigenvalue weighted by Gasteiger charge is 2.34. The third kappa shape index (κ3) is 24.4. The third-order valence-electron chi connectivity index (χ3n) is 9.81. The predicted octanol–water partition coefficient (Wildman–Crippen LogP) is 0.878. The van der Waals surface area contributed by atoms with Crippen LogP contribution in [-0.2, 0) is 33.6 Å². The predicted molar refractivity (Wildman–Crippen MR) is 234 cm³/mol. The van der Waals surface area contributed by atoms with Crippen molar-refractivity contribution in [3.8, 4) is 0 Å². The molecule has 0 unspecified atom stereocenters. The standard InChI is InChI=1S/C42H82N10O8/c1-25(2)21-32(49-36(53)29(46)15-9-12-18-43)40(57)51-33(22-26(3)4)38(55)47-30(16-10-13-19-44)37(54)50-35(24-28(7)8)41(58)52-34(23-27(5)6)39(56)48-31(42(59)60)17-11-14-20-45/h25-35H,9-24,43-46H2,1-8H3,(H,47,55)(H,48,56)(H,49,53)(H,50,54)(H,51,57)(H,52,58)(H,59,60)/t29-,30-,31-,32-,33-,34-,35-/m0/s1. The molecule has 0 rings (SSSR count). The fourth-order valence-electron chi connectivity index (χ4n) is 6.60. The highest BCUT2D eigenvalue weighted by molar-refractivity contribution is 5.97. The molecule has 0 aliphatic heterocycles. The van der Waals surface area contributed by atoms with Crippen molar-refractivity contribution in [3.05, 3.63) is 0 Å². The molecule has 18 heteroatoms. The van der Waals surface area contributed by atoms with Gasteiger partial charge in [0, 0.05) is 0 Å². The van der Waals surface area contributed by atoms with Crippen LogP contribution in [0.15, 0.2) is 0 Å². The van der Waals surface area contributed by atoms with Crippen molar-refractivity contribution in [3.63, 3.8) is 0 Å². The lowest BCUT2D eigenvalue weighted by Gasteiger charge is -2.29. The molecule has 348 valence electrons. The van der Waals surface area contributed by atoms with Crippen LogP contribution in [0.1, 0.15) is 139 Å². The summed E-state index contributed by atoms with van der Waals surface area (Å²) in [7, 11) is 0. The first-order chi connectivity index (χ1) is 28.2. The molecule has 6 amide bonds. The van der Waals surface area contributed by atoms with Crippen LogP contribution >= 0.6 is 0 Å². The van der Waals surface area contributed by atoms with E-state index in [1.165, 1.54) is 0 Å².